The minimum absolute atomic E-state index is 0.0188. The van der Waals surface area contributed by atoms with Gasteiger partial charge in [-0.25, -0.2) is 0 Å². The summed E-state index contributed by atoms with van der Waals surface area (Å²) in [5, 5.41) is 6.01. The quantitative estimate of drug-likeness (QED) is 0.700. The Kier molecular flexibility index (Phi) is 6.21. The Balaban J connectivity index is 1.70. The van der Waals surface area contributed by atoms with E-state index in [0.29, 0.717) is 12.5 Å². The molecule has 0 bridgehead atoms. The molecule has 2 amide bonds. The summed E-state index contributed by atoms with van der Waals surface area (Å²) in [6, 6.07) is 16.1. The van der Waals surface area contributed by atoms with E-state index in [4.69, 9.17) is 0 Å². The van der Waals surface area contributed by atoms with Crippen molar-refractivity contribution < 1.29 is 9.59 Å². The van der Waals surface area contributed by atoms with Crippen molar-refractivity contribution >= 4 is 11.8 Å². The van der Waals surface area contributed by atoms with Crippen LogP contribution in [0, 0.1) is 5.41 Å². The van der Waals surface area contributed by atoms with E-state index in [1.807, 2.05) is 31.2 Å². The van der Waals surface area contributed by atoms with Crippen molar-refractivity contribution in [3.63, 3.8) is 0 Å². The Morgan fingerprint density at radius 2 is 1.59 bits per heavy atom. The number of amides is 2. The minimum atomic E-state index is -0.460. The van der Waals surface area contributed by atoms with Gasteiger partial charge in [0, 0.05) is 6.54 Å². The molecular weight excluding hydrogens is 360 g/mol. The van der Waals surface area contributed by atoms with Crippen molar-refractivity contribution in [3.8, 4) is 0 Å². The molecule has 0 saturated carbocycles. The van der Waals surface area contributed by atoms with Gasteiger partial charge in [0.2, 0.25) is 11.8 Å². The summed E-state index contributed by atoms with van der Waals surface area (Å²) in [5.41, 5.74) is 4.22. The third-order valence-corrected chi connectivity index (χ3v) is 5.80. The van der Waals surface area contributed by atoms with Crippen LogP contribution >= 0.6 is 0 Å². The molecule has 1 atom stereocenters. The van der Waals surface area contributed by atoms with E-state index in [0.717, 1.165) is 18.4 Å². The number of carbonyl (C=O) groups is 2. The van der Waals surface area contributed by atoms with E-state index in [1.165, 1.54) is 22.8 Å². The molecule has 1 unspecified atom stereocenters. The number of rotatable bonds is 7. The second kappa shape index (κ2) is 8.64. The molecule has 1 aliphatic carbocycles. The SMILES string of the molecule is C=CC(=O)NC(CNC(=O)C1(C)Cc2ccccc2C1)c1ccc(C(C)C)cc1. The van der Waals surface area contributed by atoms with E-state index in [1.54, 1.807) is 0 Å². The van der Waals surface area contributed by atoms with Gasteiger partial charge in [0.15, 0.2) is 0 Å². The van der Waals surface area contributed by atoms with Crippen molar-refractivity contribution in [1.82, 2.24) is 10.6 Å². The summed E-state index contributed by atoms with van der Waals surface area (Å²) in [6.07, 6.45) is 2.73. The predicted octanol–water partition coefficient (Wildman–Crippen LogP) is 4.07. The first-order valence-corrected chi connectivity index (χ1v) is 10.2. The Morgan fingerprint density at radius 3 is 2.10 bits per heavy atom. The van der Waals surface area contributed by atoms with Crippen molar-refractivity contribution in [2.75, 3.05) is 6.54 Å². The first-order valence-electron chi connectivity index (χ1n) is 10.2. The second-order valence-corrected chi connectivity index (χ2v) is 8.48. The first kappa shape index (κ1) is 20.8. The first-order chi connectivity index (χ1) is 13.8. The molecule has 0 saturated heterocycles. The van der Waals surface area contributed by atoms with Crippen LogP contribution in [0.4, 0.5) is 0 Å². The largest absolute Gasteiger partial charge is 0.353 e. The van der Waals surface area contributed by atoms with E-state index in [9.17, 15) is 9.59 Å². The maximum absolute atomic E-state index is 13.0. The summed E-state index contributed by atoms with van der Waals surface area (Å²) >= 11 is 0. The highest BCUT2D eigenvalue weighted by atomic mass is 16.2. The summed E-state index contributed by atoms with van der Waals surface area (Å²) in [6.45, 7) is 10.2. The molecule has 0 aliphatic heterocycles. The number of carbonyl (C=O) groups excluding carboxylic acids is 2. The van der Waals surface area contributed by atoms with Crippen LogP contribution < -0.4 is 10.6 Å². The molecule has 0 aromatic heterocycles. The summed E-state index contributed by atoms with van der Waals surface area (Å²) in [5.74, 6) is 0.205. The molecule has 0 heterocycles. The van der Waals surface area contributed by atoms with Crippen LogP contribution in [0.3, 0.4) is 0 Å². The zero-order valence-corrected chi connectivity index (χ0v) is 17.5. The fourth-order valence-corrected chi connectivity index (χ4v) is 3.97. The van der Waals surface area contributed by atoms with Crippen molar-refractivity contribution in [3.05, 3.63) is 83.4 Å². The Labute approximate surface area is 173 Å². The van der Waals surface area contributed by atoms with Gasteiger partial charge in [0.1, 0.15) is 0 Å². The number of benzene rings is 2. The lowest BCUT2D eigenvalue weighted by atomic mass is 9.86. The zero-order valence-electron chi connectivity index (χ0n) is 17.5. The molecule has 1 aliphatic rings. The highest BCUT2D eigenvalue weighted by molar-refractivity contribution is 5.87. The minimum Gasteiger partial charge on any atom is -0.353 e. The second-order valence-electron chi connectivity index (χ2n) is 8.48. The number of fused-ring (bicyclic) bond motifs is 1. The van der Waals surface area contributed by atoms with Crippen molar-refractivity contribution in [2.24, 2.45) is 5.41 Å². The monoisotopic (exact) mass is 390 g/mol. The van der Waals surface area contributed by atoms with Crippen LogP contribution in [0.1, 0.15) is 55.0 Å². The lowest BCUT2D eigenvalue weighted by Gasteiger charge is -2.25. The lowest BCUT2D eigenvalue weighted by molar-refractivity contribution is -0.130. The average molecular weight is 391 g/mol. The molecular formula is C25H30N2O2. The Hall–Kier alpha value is -2.88. The summed E-state index contributed by atoms with van der Waals surface area (Å²) < 4.78 is 0. The highest BCUT2D eigenvalue weighted by Crippen LogP contribution is 2.36. The van der Waals surface area contributed by atoms with Gasteiger partial charge >= 0.3 is 0 Å². The van der Waals surface area contributed by atoms with Crippen LogP contribution in [0.25, 0.3) is 0 Å². The molecule has 152 valence electrons. The topological polar surface area (TPSA) is 58.2 Å². The average Bonchev–Trinajstić information content (AvgIpc) is 3.08. The van der Waals surface area contributed by atoms with Gasteiger partial charge in [-0.2, -0.15) is 0 Å². The molecule has 2 N–H and O–H groups in total. The number of hydrogen-bond donors (Lipinski definition) is 2. The summed E-state index contributed by atoms with van der Waals surface area (Å²) in [7, 11) is 0. The molecule has 2 aromatic rings. The summed E-state index contributed by atoms with van der Waals surface area (Å²) in [4.78, 5) is 25.0. The predicted molar refractivity (Wildman–Crippen MR) is 117 cm³/mol. The number of hydrogen-bond acceptors (Lipinski definition) is 2. The molecule has 0 fully saturated rings. The maximum Gasteiger partial charge on any atom is 0.243 e. The van der Waals surface area contributed by atoms with Crippen LogP contribution in [0.5, 0.6) is 0 Å². The van der Waals surface area contributed by atoms with E-state index in [-0.39, 0.29) is 17.9 Å². The van der Waals surface area contributed by atoms with Gasteiger partial charge in [-0.1, -0.05) is 75.9 Å². The van der Waals surface area contributed by atoms with Crippen LogP contribution in [0.2, 0.25) is 0 Å². The van der Waals surface area contributed by atoms with Gasteiger partial charge in [-0.3, -0.25) is 9.59 Å². The van der Waals surface area contributed by atoms with Gasteiger partial charge in [0.25, 0.3) is 0 Å². The molecule has 0 radical (unpaired) electrons. The normalized spacial score (nSPS) is 15.4. The van der Waals surface area contributed by atoms with Crippen LogP contribution in [-0.2, 0) is 22.4 Å². The maximum atomic E-state index is 13.0. The molecule has 2 aromatic carbocycles. The van der Waals surface area contributed by atoms with Gasteiger partial charge in [-0.15, -0.1) is 0 Å². The molecule has 3 rings (SSSR count). The molecule has 4 heteroatoms. The fraction of sp³-hybridized carbons (Fsp3) is 0.360. The standard InChI is InChI=1S/C25H30N2O2/c1-5-23(28)27-22(19-12-10-18(11-13-19)17(2)3)16-26-24(29)25(4)14-20-8-6-7-9-21(20)15-25/h5-13,17,22H,1,14-16H2,2-4H3,(H,26,29)(H,27,28). The van der Waals surface area contributed by atoms with E-state index in [2.05, 4.69) is 55.3 Å². The number of nitrogens with one attached hydrogen (secondary N) is 2. The fourth-order valence-electron chi connectivity index (χ4n) is 3.97. The van der Waals surface area contributed by atoms with E-state index >= 15 is 0 Å². The van der Waals surface area contributed by atoms with Crippen molar-refractivity contribution in [2.45, 2.75) is 45.6 Å². The third kappa shape index (κ3) is 4.76. The van der Waals surface area contributed by atoms with Crippen LogP contribution in [-0.4, -0.2) is 18.4 Å². The van der Waals surface area contributed by atoms with Crippen molar-refractivity contribution in [1.29, 1.82) is 0 Å². The van der Waals surface area contributed by atoms with E-state index < -0.39 is 5.41 Å². The highest BCUT2D eigenvalue weighted by Gasteiger charge is 2.39. The molecule has 0 spiro atoms. The smallest absolute Gasteiger partial charge is 0.243 e. The molecule has 29 heavy (non-hydrogen) atoms. The third-order valence-electron chi connectivity index (χ3n) is 5.80. The zero-order chi connectivity index (χ0) is 21.0. The van der Waals surface area contributed by atoms with Gasteiger partial charge in [0.05, 0.1) is 11.5 Å². The van der Waals surface area contributed by atoms with Gasteiger partial charge in [-0.05, 0) is 47.1 Å². The Bertz CT molecular complexity index is 874. The molecule has 4 nitrogen and oxygen atoms in total. The Morgan fingerprint density at radius 1 is 1.03 bits per heavy atom. The van der Waals surface area contributed by atoms with Crippen LogP contribution in [0.15, 0.2) is 61.2 Å². The lowest BCUT2D eigenvalue weighted by Crippen LogP contribution is -2.44. The van der Waals surface area contributed by atoms with Gasteiger partial charge < -0.3 is 10.6 Å².